The van der Waals surface area contributed by atoms with Crippen molar-refractivity contribution in [3.8, 4) is 0 Å². The molecule has 0 saturated carbocycles. The van der Waals surface area contributed by atoms with Gasteiger partial charge in [-0.25, -0.2) is 0 Å². The Bertz CT molecular complexity index is 681. The molecule has 0 amide bonds. The van der Waals surface area contributed by atoms with E-state index in [1.165, 1.54) is 16.5 Å². The molecule has 0 radical (unpaired) electrons. The first-order valence-corrected chi connectivity index (χ1v) is 6.40. The van der Waals surface area contributed by atoms with E-state index in [4.69, 9.17) is 11.6 Å². The van der Waals surface area contributed by atoms with E-state index in [0.717, 1.165) is 18.1 Å². The van der Waals surface area contributed by atoms with E-state index in [1.807, 2.05) is 23.0 Å². The molecule has 0 aliphatic rings. The summed E-state index contributed by atoms with van der Waals surface area (Å²) in [5.74, 6) is 0. The smallest absolute Gasteiger partial charge is 0.0539 e. The molecule has 0 aliphatic carbocycles. The first-order valence-electron chi connectivity index (χ1n) is 6.02. The highest BCUT2D eigenvalue weighted by Crippen LogP contribution is 2.21. The molecule has 4 heteroatoms. The molecule has 0 unspecified atom stereocenters. The minimum Gasteiger partial charge on any atom is -0.343 e. The number of nitrogens with zero attached hydrogens (tertiary/aromatic N) is 3. The summed E-state index contributed by atoms with van der Waals surface area (Å²) in [7, 11) is 0. The van der Waals surface area contributed by atoms with Crippen LogP contribution in [0.2, 0.25) is 5.02 Å². The highest BCUT2D eigenvalue weighted by atomic mass is 35.5. The van der Waals surface area contributed by atoms with Crippen LogP contribution in [0.5, 0.6) is 0 Å². The molecule has 3 rings (SSSR count). The fourth-order valence-corrected chi connectivity index (χ4v) is 2.35. The van der Waals surface area contributed by atoms with Crippen LogP contribution in [0, 0.1) is 0 Å². The number of fused-ring (bicyclic) bond motifs is 1. The standard InChI is InChI=1S/C14H14ClN3/c1-2-18-10-11(8-16-18)9-17-6-5-12-7-13(15)3-4-14(12)17/h3-8,10H,2,9H2,1H3. The molecule has 18 heavy (non-hydrogen) atoms. The first-order chi connectivity index (χ1) is 8.76. The van der Waals surface area contributed by atoms with Crippen molar-refractivity contribution >= 4 is 22.5 Å². The van der Waals surface area contributed by atoms with Crippen molar-refractivity contribution in [1.82, 2.24) is 14.3 Å². The van der Waals surface area contributed by atoms with Crippen LogP contribution in [0.4, 0.5) is 0 Å². The highest BCUT2D eigenvalue weighted by molar-refractivity contribution is 6.31. The summed E-state index contributed by atoms with van der Waals surface area (Å²) in [6.45, 7) is 3.83. The Hall–Kier alpha value is -1.74. The van der Waals surface area contributed by atoms with Crippen molar-refractivity contribution < 1.29 is 0 Å². The maximum absolute atomic E-state index is 5.99. The number of aryl methyl sites for hydroxylation is 1. The quantitative estimate of drug-likeness (QED) is 0.705. The van der Waals surface area contributed by atoms with Gasteiger partial charge in [-0.2, -0.15) is 5.10 Å². The molecule has 3 aromatic rings. The summed E-state index contributed by atoms with van der Waals surface area (Å²) >= 11 is 5.99. The Morgan fingerprint density at radius 2 is 2.17 bits per heavy atom. The molecule has 0 bridgehead atoms. The van der Waals surface area contributed by atoms with Crippen molar-refractivity contribution in [1.29, 1.82) is 0 Å². The number of halogens is 1. The molecule has 92 valence electrons. The Balaban J connectivity index is 1.95. The second kappa shape index (κ2) is 4.50. The first kappa shape index (κ1) is 11.4. The lowest BCUT2D eigenvalue weighted by Crippen LogP contribution is -1.97. The third-order valence-corrected chi connectivity index (χ3v) is 3.33. The average Bonchev–Trinajstić information content (AvgIpc) is 2.97. The molecule has 1 aromatic carbocycles. The van der Waals surface area contributed by atoms with Crippen molar-refractivity contribution in [3.63, 3.8) is 0 Å². The van der Waals surface area contributed by atoms with Gasteiger partial charge in [0.05, 0.1) is 12.7 Å². The van der Waals surface area contributed by atoms with Gasteiger partial charge < -0.3 is 4.57 Å². The predicted molar refractivity (Wildman–Crippen MR) is 74.0 cm³/mol. The molecule has 0 spiro atoms. The predicted octanol–water partition coefficient (Wildman–Crippen LogP) is 3.56. The Kier molecular flexibility index (Phi) is 2.84. The zero-order valence-electron chi connectivity index (χ0n) is 10.2. The Morgan fingerprint density at radius 3 is 2.94 bits per heavy atom. The van der Waals surface area contributed by atoms with Gasteiger partial charge in [-0.15, -0.1) is 0 Å². The normalized spacial score (nSPS) is 11.2. The Morgan fingerprint density at radius 1 is 1.28 bits per heavy atom. The van der Waals surface area contributed by atoms with E-state index in [0.29, 0.717) is 0 Å². The van der Waals surface area contributed by atoms with Gasteiger partial charge in [0.15, 0.2) is 0 Å². The number of rotatable bonds is 3. The van der Waals surface area contributed by atoms with Crippen molar-refractivity contribution in [2.24, 2.45) is 0 Å². The minimum atomic E-state index is 0.777. The highest BCUT2D eigenvalue weighted by Gasteiger charge is 2.04. The average molecular weight is 260 g/mol. The largest absolute Gasteiger partial charge is 0.343 e. The lowest BCUT2D eigenvalue weighted by atomic mass is 10.2. The summed E-state index contributed by atoms with van der Waals surface area (Å²) in [5.41, 5.74) is 2.41. The molecule has 0 N–H and O–H groups in total. The second-order valence-electron chi connectivity index (χ2n) is 4.35. The third-order valence-electron chi connectivity index (χ3n) is 3.10. The van der Waals surface area contributed by atoms with Crippen LogP contribution >= 0.6 is 11.6 Å². The van der Waals surface area contributed by atoms with E-state index in [1.54, 1.807) is 0 Å². The van der Waals surface area contributed by atoms with E-state index in [2.05, 4.69) is 41.1 Å². The van der Waals surface area contributed by atoms with Gasteiger partial charge in [0, 0.05) is 40.4 Å². The zero-order chi connectivity index (χ0) is 12.5. The molecular weight excluding hydrogens is 246 g/mol. The fourth-order valence-electron chi connectivity index (χ4n) is 2.17. The molecular formula is C14H14ClN3. The van der Waals surface area contributed by atoms with Crippen LogP contribution in [0.15, 0.2) is 42.9 Å². The van der Waals surface area contributed by atoms with Crippen LogP contribution in [-0.4, -0.2) is 14.3 Å². The summed E-state index contributed by atoms with van der Waals surface area (Å²) in [5, 5.41) is 6.24. The van der Waals surface area contributed by atoms with Gasteiger partial charge in [0.2, 0.25) is 0 Å². The summed E-state index contributed by atoms with van der Waals surface area (Å²) in [6.07, 6.45) is 6.09. The van der Waals surface area contributed by atoms with Crippen LogP contribution in [0.25, 0.3) is 10.9 Å². The number of hydrogen-bond acceptors (Lipinski definition) is 1. The zero-order valence-corrected chi connectivity index (χ0v) is 10.9. The molecule has 0 aliphatic heterocycles. The topological polar surface area (TPSA) is 22.8 Å². The van der Waals surface area contributed by atoms with Crippen LogP contribution in [0.3, 0.4) is 0 Å². The molecule has 0 fully saturated rings. The third kappa shape index (κ3) is 2.02. The van der Waals surface area contributed by atoms with Crippen molar-refractivity contribution in [2.75, 3.05) is 0 Å². The van der Waals surface area contributed by atoms with E-state index in [9.17, 15) is 0 Å². The van der Waals surface area contributed by atoms with Gasteiger partial charge in [-0.3, -0.25) is 4.68 Å². The van der Waals surface area contributed by atoms with Crippen LogP contribution < -0.4 is 0 Å². The fraction of sp³-hybridized carbons (Fsp3) is 0.214. The lowest BCUT2D eigenvalue weighted by molar-refractivity contribution is 0.658. The number of hydrogen-bond donors (Lipinski definition) is 0. The van der Waals surface area contributed by atoms with Crippen molar-refractivity contribution in [3.05, 3.63) is 53.4 Å². The van der Waals surface area contributed by atoms with E-state index < -0.39 is 0 Å². The molecule has 0 atom stereocenters. The second-order valence-corrected chi connectivity index (χ2v) is 4.79. The van der Waals surface area contributed by atoms with Gasteiger partial charge in [0.25, 0.3) is 0 Å². The molecule has 2 aromatic heterocycles. The minimum absolute atomic E-state index is 0.777. The van der Waals surface area contributed by atoms with Crippen molar-refractivity contribution in [2.45, 2.75) is 20.0 Å². The molecule has 0 saturated heterocycles. The monoisotopic (exact) mass is 259 g/mol. The van der Waals surface area contributed by atoms with Gasteiger partial charge in [0.1, 0.15) is 0 Å². The Labute approximate surface area is 111 Å². The maximum Gasteiger partial charge on any atom is 0.0539 e. The maximum atomic E-state index is 5.99. The van der Waals surface area contributed by atoms with E-state index in [-0.39, 0.29) is 0 Å². The van der Waals surface area contributed by atoms with Crippen LogP contribution in [0.1, 0.15) is 12.5 Å². The van der Waals surface area contributed by atoms with Gasteiger partial charge in [-0.1, -0.05) is 11.6 Å². The summed E-state index contributed by atoms with van der Waals surface area (Å²) in [6, 6.07) is 8.06. The van der Waals surface area contributed by atoms with E-state index >= 15 is 0 Å². The molecule has 2 heterocycles. The van der Waals surface area contributed by atoms with Crippen LogP contribution in [-0.2, 0) is 13.1 Å². The van der Waals surface area contributed by atoms with Gasteiger partial charge in [-0.05, 0) is 31.2 Å². The molecule has 3 nitrogen and oxygen atoms in total. The summed E-state index contributed by atoms with van der Waals surface area (Å²) in [4.78, 5) is 0. The summed E-state index contributed by atoms with van der Waals surface area (Å²) < 4.78 is 4.15. The number of benzene rings is 1. The lowest BCUT2D eigenvalue weighted by Gasteiger charge is -2.03. The SMILES string of the molecule is CCn1cc(Cn2ccc3cc(Cl)ccc32)cn1. The number of aromatic nitrogens is 3. The van der Waals surface area contributed by atoms with Gasteiger partial charge >= 0.3 is 0 Å².